The normalized spacial score (nSPS) is 36.7. The van der Waals surface area contributed by atoms with Gasteiger partial charge in [-0.3, -0.25) is 0 Å². The minimum absolute atomic E-state index is 0.198. The molecule has 0 saturated carbocycles. The van der Waals surface area contributed by atoms with Crippen molar-refractivity contribution in [3.63, 3.8) is 0 Å². The van der Waals surface area contributed by atoms with Gasteiger partial charge in [0.1, 0.15) is 6.61 Å². The van der Waals surface area contributed by atoms with Gasteiger partial charge in [-0.1, -0.05) is 6.08 Å². The van der Waals surface area contributed by atoms with Crippen molar-refractivity contribution in [2.75, 3.05) is 6.61 Å². The van der Waals surface area contributed by atoms with Crippen molar-refractivity contribution >= 4 is 0 Å². The highest BCUT2D eigenvalue weighted by atomic mass is 16.7. The minimum Gasteiger partial charge on any atom is -0.386 e. The molecule has 0 aromatic carbocycles. The van der Waals surface area contributed by atoms with Gasteiger partial charge in [0.15, 0.2) is 5.79 Å². The predicted octanol–water partition coefficient (Wildman–Crippen LogP) is 0.0323. The molecule has 1 heterocycles. The Bertz CT molecular complexity index is 147. The van der Waals surface area contributed by atoms with E-state index in [1.54, 1.807) is 6.92 Å². The molecule has 3 nitrogen and oxygen atoms in total. The molecule has 0 radical (unpaired) electrons. The van der Waals surface area contributed by atoms with Gasteiger partial charge < -0.3 is 14.9 Å². The molecule has 0 aromatic rings. The lowest BCUT2D eigenvalue weighted by Crippen LogP contribution is -2.29. The average molecular weight is 144 g/mol. The van der Waals surface area contributed by atoms with Gasteiger partial charge in [0.05, 0.1) is 5.60 Å². The summed E-state index contributed by atoms with van der Waals surface area (Å²) in [6, 6.07) is 0. The highest BCUT2D eigenvalue weighted by molar-refractivity contribution is 4.98. The molecule has 1 rings (SSSR count). The van der Waals surface area contributed by atoms with E-state index in [1.165, 1.54) is 6.08 Å². The van der Waals surface area contributed by atoms with Crippen LogP contribution in [0, 0.1) is 0 Å². The van der Waals surface area contributed by atoms with Crippen LogP contribution < -0.4 is 0 Å². The summed E-state index contributed by atoms with van der Waals surface area (Å²) in [5.74, 6) is -1.09. The van der Waals surface area contributed by atoms with E-state index in [1.807, 2.05) is 0 Å². The molecule has 3 heteroatoms. The third-order valence-electron chi connectivity index (χ3n) is 1.55. The summed E-state index contributed by atoms with van der Waals surface area (Å²) in [6.07, 6.45) is 1.59. The molecule has 0 aliphatic carbocycles. The van der Waals surface area contributed by atoms with Gasteiger partial charge in [-0.2, -0.15) is 0 Å². The molecule has 1 fully saturated rings. The molecular formula is C7H12O3. The van der Waals surface area contributed by atoms with Gasteiger partial charge in [-0.05, 0) is 6.92 Å². The lowest BCUT2D eigenvalue weighted by molar-refractivity contribution is -0.0312. The molecule has 0 amide bonds. The lowest BCUT2D eigenvalue weighted by atomic mass is 9.99. The van der Waals surface area contributed by atoms with Gasteiger partial charge >= 0.3 is 0 Å². The molecule has 10 heavy (non-hydrogen) atoms. The predicted molar refractivity (Wildman–Crippen MR) is 36.3 cm³/mol. The van der Waals surface area contributed by atoms with Crippen molar-refractivity contribution in [2.45, 2.75) is 24.7 Å². The Labute approximate surface area is 59.9 Å². The molecule has 2 atom stereocenters. The summed E-state index contributed by atoms with van der Waals surface area (Å²) in [7, 11) is 0. The van der Waals surface area contributed by atoms with Crippen molar-refractivity contribution in [3.8, 4) is 0 Å². The van der Waals surface area contributed by atoms with Gasteiger partial charge in [0.25, 0.3) is 0 Å². The van der Waals surface area contributed by atoms with Crippen LogP contribution in [0.2, 0.25) is 0 Å². The first-order chi connectivity index (χ1) is 4.47. The maximum Gasteiger partial charge on any atom is 0.192 e. The molecule has 0 aromatic heterocycles. The Morgan fingerprint density at radius 2 is 2.40 bits per heavy atom. The SMILES string of the molecule is C=C[C@](C)(O)C[C@]1(O)CO1. The second kappa shape index (κ2) is 2.05. The molecule has 1 aliphatic heterocycles. The standard InChI is InChI=1S/C7H12O3/c1-3-6(2,8)4-7(9)5-10-7/h3,8-9H,1,4-5H2,2H3/t6-,7+/m0/s1. The summed E-state index contributed by atoms with van der Waals surface area (Å²) in [5, 5.41) is 18.5. The zero-order valence-corrected chi connectivity index (χ0v) is 6.00. The third-order valence-corrected chi connectivity index (χ3v) is 1.55. The maximum atomic E-state index is 9.34. The van der Waals surface area contributed by atoms with Crippen molar-refractivity contribution in [1.82, 2.24) is 0 Å². The first kappa shape index (κ1) is 7.72. The quantitative estimate of drug-likeness (QED) is 0.434. The minimum atomic E-state index is -1.09. The van der Waals surface area contributed by atoms with Crippen molar-refractivity contribution in [1.29, 1.82) is 0 Å². The average Bonchev–Trinajstić information content (AvgIpc) is 2.47. The maximum absolute atomic E-state index is 9.34. The zero-order valence-electron chi connectivity index (χ0n) is 6.00. The first-order valence-electron chi connectivity index (χ1n) is 3.20. The van der Waals surface area contributed by atoms with E-state index >= 15 is 0 Å². The van der Waals surface area contributed by atoms with Gasteiger partial charge in [-0.15, -0.1) is 6.58 Å². The zero-order chi connectivity index (χ0) is 7.83. The summed E-state index contributed by atoms with van der Waals surface area (Å²) in [5.41, 5.74) is -1.02. The number of aliphatic hydroxyl groups is 2. The summed E-state index contributed by atoms with van der Waals surface area (Å²) >= 11 is 0. The van der Waals surface area contributed by atoms with Crippen LogP contribution in [0.3, 0.4) is 0 Å². The topological polar surface area (TPSA) is 53.0 Å². The van der Waals surface area contributed by atoms with Crippen LogP contribution in [-0.4, -0.2) is 28.2 Å². The number of rotatable bonds is 3. The summed E-state index contributed by atoms with van der Waals surface area (Å²) < 4.78 is 4.68. The second-order valence-electron chi connectivity index (χ2n) is 2.97. The molecule has 2 N–H and O–H groups in total. The van der Waals surface area contributed by atoms with Crippen LogP contribution in [0.1, 0.15) is 13.3 Å². The van der Waals surface area contributed by atoms with E-state index in [-0.39, 0.29) is 6.42 Å². The number of hydrogen-bond acceptors (Lipinski definition) is 3. The fraction of sp³-hybridized carbons (Fsp3) is 0.714. The molecule has 58 valence electrons. The Hall–Kier alpha value is -0.380. The summed E-state index contributed by atoms with van der Waals surface area (Å²) in [6.45, 7) is 5.33. The van der Waals surface area contributed by atoms with Crippen molar-refractivity contribution < 1.29 is 14.9 Å². The molecular weight excluding hydrogens is 132 g/mol. The van der Waals surface area contributed by atoms with Gasteiger partial charge in [0.2, 0.25) is 0 Å². The van der Waals surface area contributed by atoms with Gasteiger partial charge in [0, 0.05) is 6.42 Å². The van der Waals surface area contributed by atoms with Crippen LogP contribution in [-0.2, 0) is 4.74 Å². The van der Waals surface area contributed by atoms with Crippen LogP contribution in [0.4, 0.5) is 0 Å². The van der Waals surface area contributed by atoms with E-state index in [0.29, 0.717) is 6.61 Å². The summed E-state index contributed by atoms with van der Waals surface area (Å²) in [4.78, 5) is 0. The smallest absolute Gasteiger partial charge is 0.192 e. The molecule has 0 unspecified atom stereocenters. The monoisotopic (exact) mass is 144 g/mol. The van der Waals surface area contributed by atoms with E-state index in [2.05, 4.69) is 11.3 Å². The number of hydrogen-bond donors (Lipinski definition) is 2. The van der Waals surface area contributed by atoms with E-state index in [9.17, 15) is 5.11 Å². The van der Waals surface area contributed by atoms with Crippen LogP contribution in [0.15, 0.2) is 12.7 Å². The number of ether oxygens (including phenoxy) is 1. The third kappa shape index (κ3) is 1.80. The Kier molecular flexibility index (Phi) is 1.58. The Balaban J connectivity index is 2.43. The van der Waals surface area contributed by atoms with E-state index in [0.717, 1.165) is 0 Å². The number of epoxide rings is 1. The van der Waals surface area contributed by atoms with Crippen LogP contribution in [0.5, 0.6) is 0 Å². The van der Waals surface area contributed by atoms with Crippen LogP contribution in [0.25, 0.3) is 0 Å². The highest BCUT2D eigenvalue weighted by Crippen LogP contribution is 2.32. The van der Waals surface area contributed by atoms with E-state index < -0.39 is 11.4 Å². The largest absolute Gasteiger partial charge is 0.386 e. The van der Waals surface area contributed by atoms with Crippen molar-refractivity contribution in [2.24, 2.45) is 0 Å². The second-order valence-corrected chi connectivity index (χ2v) is 2.97. The first-order valence-corrected chi connectivity index (χ1v) is 3.20. The molecule has 1 saturated heterocycles. The molecule has 1 aliphatic rings. The lowest BCUT2D eigenvalue weighted by Gasteiger charge is -2.19. The Morgan fingerprint density at radius 3 is 2.70 bits per heavy atom. The van der Waals surface area contributed by atoms with Gasteiger partial charge in [-0.25, -0.2) is 0 Å². The van der Waals surface area contributed by atoms with Crippen LogP contribution >= 0.6 is 0 Å². The molecule has 0 spiro atoms. The van der Waals surface area contributed by atoms with E-state index in [4.69, 9.17) is 5.11 Å². The highest BCUT2D eigenvalue weighted by Gasteiger charge is 2.46. The van der Waals surface area contributed by atoms with Crippen molar-refractivity contribution in [3.05, 3.63) is 12.7 Å². The fourth-order valence-electron chi connectivity index (χ4n) is 0.817. The molecule has 0 bridgehead atoms. The Morgan fingerprint density at radius 1 is 1.90 bits per heavy atom. The fourth-order valence-corrected chi connectivity index (χ4v) is 0.817.